The predicted molar refractivity (Wildman–Crippen MR) is 65.2 cm³/mol. The van der Waals surface area contributed by atoms with Crippen LogP contribution in [0.4, 0.5) is 10.5 Å². The Morgan fingerprint density at radius 3 is 2.41 bits per heavy atom. The molecule has 0 aromatic heterocycles. The van der Waals surface area contributed by atoms with Gasteiger partial charge >= 0.3 is 6.09 Å². The Balaban J connectivity index is 2.50. The average molecular weight is 229 g/mol. The third-order valence-corrected chi connectivity index (χ3v) is 2.33. The van der Waals surface area contributed by atoms with Gasteiger partial charge in [0.05, 0.1) is 5.69 Å². The molecule has 0 heterocycles. The highest BCUT2D eigenvalue weighted by molar-refractivity contribution is 5.91. The van der Waals surface area contributed by atoms with Crippen molar-refractivity contribution in [2.24, 2.45) is 0 Å². The number of hydrogen-bond acceptors (Lipinski definition) is 2. The highest BCUT2D eigenvalue weighted by atomic mass is 16.4. The number of hydrogen-bond donors (Lipinski definition) is 3. The van der Waals surface area contributed by atoms with Crippen LogP contribution < -0.4 is 5.32 Å². The second kappa shape index (κ2) is 4.57. The summed E-state index contributed by atoms with van der Waals surface area (Å²) in [6.45, 7) is 0. The number of phenols is 1. The standard InChI is InChI=1S/C13H11NO3/c15-10-6-7-11(9-4-2-1-3-5-9)12(8-10)14-13(16)17/h1-8,14-15H,(H,16,17). The molecular weight excluding hydrogens is 218 g/mol. The SMILES string of the molecule is O=C(O)Nc1cc(O)ccc1-c1ccccc1. The molecule has 4 nitrogen and oxygen atoms in total. The summed E-state index contributed by atoms with van der Waals surface area (Å²) >= 11 is 0. The molecule has 0 fully saturated rings. The zero-order valence-corrected chi connectivity index (χ0v) is 8.92. The van der Waals surface area contributed by atoms with Crippen molar-refractivity contribution in [1.29, 1.82) is 0 Å². The van der Waals surface area contributed by atoms with Crippen molar-refractivity contribution in [3.05, 3.63) is 48.5 Å². The van der Waals surface area contributed by atoms with Crippen LogP contribution in [0.1, 0.15) is 0 Å². The van der Waals surface area contributed by atoms with Gasteiger partial charge in [-0.1, -0.05) is 30.3 Å². The molecule has 0 unspecified atom stereocenters. The maximum atomic E-state index is 10.7. The van der Waals surface area contributed by atoms with Gasteiger partial charge in [0.15, 0.2) is 0 Å². The lowest BCUT2D eigenvalue weighted by atomic mass is 10.0. The fourth-order valence-electron chi connectivity index (χ4n) is 1.62. The number of phenolic OH excluding ortho intramolecular Hbond substituents is 1. The fourth-order valence-corrected chi connectivity index (χ4v) is 1.62. The summed E-state index contributed by atoms with van der Waals surface area (Å²) in [5, 5.41) is 20.4. The molecule has 0 aliphatic heterocycles. The van der Waals surface area contributed by atoms with Crippen LogP contribution in [0.25, 0.3) is 11.1 Å². The van der Waals surface area contributed by atoms with E-state index >= 15 is 0 Å². The first-order chi connectivity index (χ1) is 8.16. The third-order valence-electron chi connectivity index (χ3n) is 2.33. The van der Waals surface area contributed by atoms with Gasteiger partial charge in [-0.15, -0.1) is 0 Å². The van der Waals surface area contributed by atoms with Crippen LogP contribution in [0, 0.1) is 0 Å². The Labute approximate surface area is 98.2 Å². The van der Waals surface area contributed by atoms with E-state index < -0.39 is 6.09 Å². The zero-order chi connectivity index (χ0) is 12.3. The van der Waals surface area contributed by atoms with Gasteiger partial charge in [0.2, 0.25) is 0 Å². The Hall–Kier alpha value is -2.49. The highest BCUT2D eigenvalue weighted by Gasteiger charge is 2.08. The van der Waals surface area contributed by atoms with Gasteiger partial charge in [-0.05, 0) is 17.7 Å². The largest absolute Gasteiger partial charge is 0.508 e. The van der Waals surface area contributed by atoms with Gasteiger partial charge < -0.3 is 10.2 Å². The molecule has 0 bridgehead atoms. The molecule has 86 valence electrons. The maximum Gasteiger partial charge on any atom is 0.409 e. The molecule has 0 atom stereocenters. The Morgan fingerprint density at radius 2 is 1.76 bits per heavy atom. The number of carboxylic acid groups (broad SMARTS) is 1. The molecule has 4 heteroatoms. The maximum absolute atomic E-state index is 10.7. The molecule has 17 heavy (non-hydrogen) atoms. The molecule has 1 amide bonds. The van der Waals surface area contributed by atoms with E-state index in [2.05, 4.69) is 5.32 Å². The van der Waals surface area contributed by atoms with Gasteiger partial charge in [0.1, 0.15) is 5.75 Å². The molecule has 0 aliphatic carbocycles. The van der Waals surface area contributed by atoms with E-state index in [1.165, 1.54) is 12.1 Å². The minimum atomic E-state index is -1.16. The van der Waals surface area contributed by atoms with Crippen LogP contribution >= 0.6 is 0 Å². The molecule has 3 N–H and O–H groups in total. The Kier molecular flexibility index (Phi) is 2.96. The van der Waals surface area contributed by atoms with Gasteiger partial charge in [-0.25, -0.2) is 4.79 Å². The smallest absolute Gasteiger partial charge is 0.409 e. The Bertz CT molecular complexity index is 538. The molecule has 2 rings (SSSR count). The lowest BCUT2D eigenvalue weighted by Crippen LogP contribution is -2.08. The number of aromatic hydroxyl groups is 1. The first-order valence-corrected chi connectivity index (χ1v) is 5.05. The van der Waals surface area contributed by atoms with Crippen molar-refractivity contribution < 1.29 is 15.0 Å². The van der Waals surface area contributed by atoms with Gasteiger partial charge in [-0.2, -0.15) is 0 Å². The lowest BCUT2D eigenvalue weighted by Gasteiger charge is -2.09. The minimum absolute atomic E-state index is 0.0217. The zero-order valence-electron chi connectivity index (χ0n) is 8.92. The van der Waals surface area contributed by atoms with Crippen LogP contribution in [-0.4, -0.2) is 16.3 Å². The van der Waals surface area contributed by atoms with Crippen LogP contribution in [0.2, 0.25) is 0 Å². The molecule has 0 saturated heterocycles. The number of anilines is 1. The van der Waals surface area contributed by atoms with Crippen molar-refractivity contribution in [3.8, 4) is 16.9 Å². The molecule has 2 aromatic rings. The van der Waals surface area contributed by atoms with Crippen molar-refractivity contribution in [3.63, 3.8) is 0 Å². The van der Waals surface area contributed by atoms with Crippen molar-refractivity contribution in [2.45, 2.75) is 0 Å². The van der Waals surface area contributed by atoms with Crippen LogP contribution in [0.15, 0.2) is 48.5 Å². The first kappa shape index (κ1) is 11.0. The van der Waals surface area contributed by atoms with E-state index in [9.17, 15) is 9.90 Å². The summed E-state index contributed by atoms with van der Waals surface area (Å²) in [4.78, 5) is 10.7. The third kappa shape index (κ3) is 2.55. The number of nitrogens with one attached hydrogen (secondary N) is 1. The van der Waals surface area contributed by atoms with Gasteiger partial charge in [0, 0.05) is 11.6 Å². The van der Waals surface area contributed by atoms with E-state index in [-0.39, 0.29) is 5.75 Å². The molecule has 0 aliphatic rings. The summed E-state index contributed by atoms with van der Waals surface area (Å²) in [6, 6.07) is 14.0. The van der Waals surface area contributed by atoms with Crippen LogP contribution in [0.5, 0.6) is 5.75 Å². The van der Waals surface area contributed by atoms with E-state index in [0.29, 0.717) is 5.69 Å². The average Bonchev–Trinajstić information content (AvgIpc) is 2.29. The first-order valence-electron chi connectivity index (χ1n) is 5.05. The molecule has 0 spiro atoms. The van der Waals surface area contributed by atoms with E-state index in [4.69, 9.17) is 5.11 Å². The minimum Gasteiger partial charge on any atom is -0.508 e. The summed E-state index contributed by atoms with van der Waals surface area (Å²) in [7, 11) is 0. The fraction of sp³-hybridized carbons (Fsp3) is 0. The van der Waals surface area contributed by atoms with Gasteiger partial charge in [0.25, 0.3) is 0 Å². The van der Waals surface area contributed by atoms with Crippen molar-refractivity contribution >= 4 is 11.8 Å². The topological polar surface area (TPSA) is 69.6 Å². The van der Waals surface area contributed by atoms with Crippen LogP contribution in [-0.2, 0) is 0 Å². The van der Waals surface area contributed by atoms with E-state index in [1.807, 2.05) is 30.3 Å². The highest BCUT2D eigenvalue weighted by Crippen LogP contribution is 2.30. The van der Waals surface area contributed by atoms with Crippen molar-refractivity contribution in [1.82, 2.24) is 0 Å². The second-order valence-electron chi connectivity index (χ2n) is 3.53. The molecule has 0 radical (unpaired) electrons. The van der Waals surface area contributed by atoms with Crippen LogP contribution in [0.3, 0.4) is 0 Å². The second-order valence-corrected chi connectivity index (χ2v) is 3.53. The normalized spacial score (nSPS) is 9.88. The lowest BCUT2D eigenvalue weighted by molar-refractivity contribution is 0.210. The van der Waals surface area contributed by atoms with Gasteiger partial charge in [-0.3, -0.25) is 5.32 Å². The van der Waals surface area contributed by atoms with E-state index in [0.717, 1.165) is 11.1 Å². The summed E-state index contributed by atoms with van der Waals surface area (Å²) in [6.07, 6.45) is -1.16. The predicted octanol–water partition coefficient (Wildman–Crippen LogP) is 3.15. The summed E-state index contributed by atoms with van der Waals surface area (Å²) in [5.74, 6) is 0.0217. The quantitative estimate of drug-likeness (QED) is 0.740. The number of rotatable bonds is 2. The summed E-state index contributed by atoms with van der Waals surface area (Å²) < 4.78 is 0. The molecular formula is C13H11NO3. The number of benzene rings is 2. The molecule has 2 aromatic carbocycles. The van der Waals surface area contributed by atoms with E-state index in [1.54, 1.807) is 6.07 Å². The molecule has 0 saturated carbocycles. The number of amides is 1. The Morgan fingerprint density at radius 1 is 1.06 bits per heavy atom. The summed E-state index contributed by atoms with van der Waals surface area (Å²) in [5.41, 5.74) is 1.98. The monoisotopic (exact) mass is 229 g/mol. The number of carbonyl (C=O) groups is 1. The van der Waals surface area contributed by atoms with Crippen molar-refractivity contribution in [2.75, 3.05) is 5.32 Å².